The molecule has 3 N–H and O–H groups in total. The molecule has 1 amide bonds. The van der Waals surface area contributed by atoms with Crippen LogP contribution in [0.15, 0.2) is 24.3 Å². The molecule has 4 atom stereocenters. The third-order valence-electron chi connectivity index (χ3n) is 6.28. The minimum atomic E-state index is -0.655. The minimum Gasteiger partial charge on any atom is -0.504 e. The Hall–Kier alpha value is -3.33. The van der Waals surface area contributed by atoms with Crippen molar-refractivity contribution < 1.29 is 38.7 Å². The van der Waals surface area contributed by atoms with E-state index in [1.807, 2.05) is 0 Å². The molecule has 1 aliphatic carbocycles. The van der Waals surface area contributed by atoms with Crippen molar-refractivity contribution in [1.29, 1.82) is 0 Å². The standard InChI is InChI=1S/C22H20ClNO8/c1-29-16-3-9(2-13(25)21(16)27)18-10-4-14-15(32-8-31-14)5-11(10)20(24-17(26)6-23)12-7-30-22(28)19(12)18/h2-5,12,18-20,25,27H,6-8H2,1H3,(H,24,26)/t12-,18?,19+,20+/m0/s1. The molecule has 1 fully saturated rings. The average Bonchev–Trinajstić information content (AvgIpc) is 3.40. The molecule has 2 aromatic rings. The fourth-order valence-corrected chi connectivity index (χ4v) is 4.99. The van der Waals surface area contributed by atoms with Crippen LogP contribution in [0.25, 0.3) is 0 Å². The average molecular weight is 462 g/mol. The fourth-order valence-electron chi connectivity index (χ4n) is 4.91. The first-order valence-corrected chi connectivity index (χ1v) is 10.5. The molecule has 0 radical (unpaired) electrons. The van der Waals surface area contributed by atoms with E-state index in [9.17, 15) is 19.8 Å². The number of fused-ring (bicyclic) bond motifs is 3. The van der Waals surface area contributed by atoms with Crippen LogP contribution in [0.4, 0.5) is 0 Å². The van der Waals surface area contributed by atoms with Crippen LogP contribution < -0.4 is 19.5 Å². The van der Waals surface area contributed by atoms with Gasteiger partial charge in [0.05, 0.1) is 25.7 Å². The number of rotatable bonds is 4. The quantitative estimate of drug-likeness (QED) is 0.359. The number of nitrogens with one attached hydrogen (secondary N) is 1. The Morgan fingerprint density at radius 1 is 1.16 bits per heavy atom. The molecular formula is C22H20ClNO8. The summed E-state index contributed by atoms with van der Waals surface area (Å²) in [6.07, 6.45) is 0. The van der Waals surface area contributed by atoms with E-state index in [0.29, 0.717) is 22.6 Å². The van der Waals surface area contributed by atoms with Crippen LogP contribution in [-0.2, 0) is 14.3 Å². The molecule has 0 aromatic heterocycles. The predicted molar refractivity (Wildman–Crippen MR) is 110 cm³/mol. The van der Waals surface area contributed by atoms with Gasteiger partial charge < -0.3 is 34.5 Å². The van der Waals surface area contributed by atoms with E-state index in [0.717, 1.165) is 5.56 Å². The summed E-state index contributed by atoms with van der Waals surface area (Å²) in [6, 6.07) is 6.01. The van der Waals surface area contributed by atoms with Crippen molar-refractivity contribution in [2.45, 2.75) is 12.0 Å². The van der Waals surface area contributed by atoms with E-state index in [4.69, 9.17) is 30.5 Å². The van der Waals surface area contributed by atoms with Crippen molar-refractivity contribution in [3.05, 3.63) is 41.0 Å². The molecule has 5 rings (SSSR count). The molecule has 32 heavy (non-hydrogen) atoms. The SMILES string of the molecule is COc1cc(C2c3cc4c(cc3[C@@H](NC(=O)CCl)[C@H]3COC(=O)[C@@H]23)OCO4)cc(O)c1O. The van der Waals surface area contributed by atoms with Crippen LogP contribution in [0.2, 0.25) is 0 Å². The second-order valence-electron chi connectivity index (χ2n) is 7.90. The number of hydrogen-bond acceptors (Lipinski definition) is 8. The number of carbonyl (C=O) groups excluding carboxylic acids is 2. The van der Waals surface area contributed by atoms with Gasteiger partial charge in [-0.3, -0.25) is 9.59 Å². The smallest absolute Gasteiger partial charge is 0.310 e. The first kappa shape index (κ1) is 20.6. The summed E-state index contributed by atoms with van der Waals surface area (Å²) in [5.74, 6) is -2.26. The van der Waals surface area contributed by atoms with E-state index in [-0.39, 0.29) is 42.6 Å². The third-order valence-corrected chi connectivity index (χ3v) is 6.52. The molecule has 10 heteroatoms. The Kier molecular flexibility index (Phi) is 4.93. The highest BCUT2D eigenvalue weighted by Gasteiger charge is 2.53. The number of amides is 1. The number of phenolic OH excluding ortho intramolecular Hbond substituents is 2. The van der Waals surface area contributed by atoms with Gasteiger partial charge in [-0.25, -0.2) is 0 Å². The number of ether oxygens (including phenoxy) is 4. The fraction of sp³-hybridized carbons (Fsp3) is 0.364. The zero-order valence-electron chi connectivity index (χ0n) is 17.0. The summed E-state index contributed by atoms with van der Waals surface area (Å²) in [4.78, 5) is 25.1. The molecule has 1 unspecified atom stereocenters. The van der Waals surface area contributed by atoms with E-state index in [2.05, 4.69) is 5.32 Å². The molecule has 0 spiro atoms. The van der Waals surface area contributed by atoms with Gasteiger partial charge in [0.15, 0.2) is 23.0 Å². The maximum atomic E-state index is 12.9. The second-order valence-corrected chi connectivity index (χ2v) is 8.17. The van der Waals surface area contributed by atoms with Crippen molar-refractivity contribution in [2.75, 3.05) is 26.4 Å². The van der Waals surface area contributed by atoms with Crippen molar-refractivity contribution in [1.82, 2.24) is 5.32 Å². The second kappa shape index (κ2) is 7.67. The molecule has 2 aliphatic heterocycles. The van der Waals surface area contributed by atoms with E-state index < -0.39 is 29.6 Å². The van der Waals surface area contributed by atoms with Gasteiger partial charge >= 0.3 is 5.97 Å². The molecule has 9 nitrogen and oxygen atoms in total. The Morgan fingerprint density at radius 2 is 1.88 bits per heavy atom. The van der Waals surface area contributed by atoms with Gasteiger partial charge in [0.25, 0.3) is 0 Å². The molecule has 168 valence electrons. The zero-order chi connectivity index (χ0) is 22.6. The Bertz CT molecular complexity index is 1120. The summed E-state index contributed by atoms with van der Waals surface area (Å²) >= 11 is 5.73. The summed E-state index contributed by atoms with van der Waals surface area (Å²) in [5, 5.41) is 23.3. The van der Waals surface area contributed by atoms with Crippen LogP contribution in [-0.4, -0.2) is 48.5 Å². The Morgan fingerprint density at radius 3 is 2.56 bits per heavy atom. The summed E-state index contributed by atoms with van der Waals surface area (Å²) in [6.45, 7) is 0.173. The van der Waals surface area contributed by atoms with Gasteiger partial charge in [0.1, 0.15) is 5.88 Å². The number of aromatic hydroxyl groups is 2. The molecular weight excluding hydrogens is 442 g/mol. The summed E-state index contributed by atoms with van der Waals surface area (Å²) < 4.78 is 21.7. The number of esters is 1. The zero-order valence-corrected chi connectivity index (χ0v) is 17.7. The van der Waals surface area contributed by atoms with Crippen LogP contribution in [0.1, 0.15) is 28.7 Å². The van der Waals surface area contributed by atoms with Gasteiger partial charge in [0, 0.05) is 11.8 Å². The molecule has 0 saturated carbocycles. The first-order chi connectivity index (χ1) is 15.4. The lowest BCUT2D eigenvalue weighted by molar-refractivity contribution is -0.141. The van der Waals surface area contributed by atoms with Crippen LogP contribution in [0, 0.1) is 11.8 Å². The number of alkyl halides is 1. The monoisotopic (exact) mass is 461 g/mol. The van der Waals surface area contributed by atoms with Gasteiger partial charge in [-0.15, -0.1) is 11.6 Å². The van der Waals surface area contributed by atoms with Gasteiger partial charge in [-0.05, 0) is 41.0 Å². The third kappa shape index (κ3) is 3.07. The van der Waals surface area contributed by atoms with E-state index >= 15 is 0 Å². The Balaban J connectivity index is 1.73. The number of hydrogen-bond donors (Lipinski definition) is 3. The summed E-state index contributed by atoms with van der Waals surface area (Å²) in [5.41, 5.74) is 2.00. The predicted octanol–water partition coefficient (Wildman–Crippen LogP) is 2.17. The van der Waals surface area contributed by atoms with Crippen molar-refractivity contribution in [2.24, 2.45) is 11.8 Å². The lowest BCUT2D eigenvalue weighted by Gasteiger charge is -2.39. The number of cyclic esters (lactones) is 1. The highest BCUT2D eigenvalue weighted by Crippen LogP contribution is 2.55. The minimum absolute atomic E-state index is 0.0598. The largest absolute Gasteiger partial charge is 0.504 e. The maximum absolute atomic E-state index is 12.9. The van der Waals surface area contributed by atoms with Gasteiger partial charge in [-0.1, -0.05) is 0 Å². The van der Waals surface area contributed by atoms with Crippen LogP contribution in [0.3, 0.4) is 0 Å². The number of carbonyl (C=O) groups is 2. The normalized spacial score (nSPS) is 25.0. The Labute approximate surface area is 187 Å². The number of methoxy groups -OCH3 is 1. The molecule has 2 heterocycles. The van der Waals surface area contributed by atoms with Crippen LogP contribution >= 0.6 is 11.6 Å². The van der Waals surface area contributed by atoms with Crippen molar-refractivity contribution in [3.8, 4) is 28.7 Å². The molecule has 3 aliphatic rings. The number of halogens is 1. The topological polar surface area (TPSA) is 124 Å². The van der Waals surface area contributed by atoms with Crippen LogP contribution in [0.5, 0.6) is 28.7 Å². The molecule has 1 saturated heterocycles. The highest BCUT2D eigenvalue weighted by molar-refractivity contribution is 6.27. The molecule has 2 aromatic carbocycles. The molecule has 0 bridgehead atoms. The van der Waals surface area contributed by atoms with Crippen molar-refractivity contribution in [3.63, 3.8) is 0 Å². The van der Waals surface area contributed by atoms with Gasteiger partial charge in [0.2, 0.25) is 18.4 Å². The van der Waals surface area contributed by atoms with Gasteiger partial charge in [-0.2, -0.15) is 0 Å². The lowest BCUT2D eigenvalue weighted by Crippen LogP contribution is -2.43. The van der Waals surface area contributed by atoms with Crippen molar-refractivity contribution >= 4 is 23.5 Å². The number of benzene rings is 2. The lowest BCUT2D eigenvalue weighted by atomic mass is 9.65. The maximum Gasteiger partial charge on any atom is 0.310 e. The highest BCUT2D eigenvalue weighted by atomic mass is 35.5. The van der Waals surface area contributed by atoms with E-state index in [1.165, 1.54) is 13.2 Å². The first-order valence-electron chi connectivity index (χ1n) is 9.98. The summed E-state index contributed by atoms with van der Waals surface area (Å²) in [7, 11) is 1.37. The van der Waals surface area contributed by atoms with E-state index in [1.54, 1.807) is 18.2 Å². The number of phenols is 2.